The number of ether oxygens (including phenoxy) is 1. The number of nitrogens with two attached hydrogens (primary N) is 1. The molecule has 1 heterocycles. The molecular formula is C8H9ClN2O2. The maximum Gasteiger partial charge on any atom is 0.339 e. The zero-order valence-electron chi connectivity index (χ0n) is 7.08. The second-order valence-corrected chi connectivity index (χ2v) is 2.78. The number of esters is 1. The summed E-state index contributed by atoms with van der Waals surface area (Å²) in [5.41, 5.74) is 6.18. The molecule has 13 heavy (non-hydrogen) atoms. The quantitative estimate of drug-likeness (QED) is 0.723. The molecule has 0 aliphatic rings. The van der Waals surface area contributed by atoms with E-state index in [1.165, 1.54) is 19.4 Å². The Kier molecular flexibility index (Phi) is 3.22. The van der Waals surface area contributed by atoms with Crippen LogP contribution in [0.15, 0.2) is 12.3 Å². The lowest BCUT2D eigenvalue weighted by Gasteiger charge is -2.04. The Morgan fingerprint density at radius 1 is 1.77 bits per heavy atom. The Morgan fingerprint density at radius 2 is 2.46 bits per heavy atom. The minimum atomic E-state index is -0.476. The van der Waals surface area contributed by atoms with Gasteiger partial charge >= 0.3 is 5.97 Å². The molecule has 1 rings (SSSR count). The first-order chi connectivity index (χ1) is 6.19. The Balaban J connectivity index is 3.15. The van der Waals surface area contributed by atoms with Crippen LogP contribution in [0.3, 0.4) is 0 Å². The summed E-state index contributed by atoms with van der Waals surface area (Å²) in [6, 6.07) is 1.49. The third-order valence-electron chi connectivity index (χ3n) is 1.54. The van der Waals surface area contributed by atoms with E-state index in [0.29, 0.717) is 16.3 Å². The monoisotopic (exact) mass is 200 g/mol. The highest BCUT2D eigenvalue weighted by Crippen LogP contribution is 2.13. The normalized spacial score (nSPS) is 9.77. The maximum atomic E-state index is 11.2. The van der Waals surface area contributed by atoms with Gasteiger partial charge in [-0.2, -0.15) is 0 Å². The molecule has 0 unspecified atom stereocenters. The molecule has 0 aliphatic heterocycles. The van der Waals surface area contributed by atoms with Crippen molar-refractivity contribution in [3.63, 3.8) is 0 Å². The number of halogens is 1. The Morgan fingerprint density at radius 3 is 3.00 bits per heavy atom. The van der Waals surface area contributed by atoms with Crippen molar-refractivity contribution in [3.05, 3.63) is 28.5 Å². The Bertz CT molecular complexity index is 328. The molecule has 0 aliphatic carbocycles. The predicted molar refractivity (Wildman–Crippen MR) is 48.5 cm³/mol. The molecule has 0 fully saturated rings. The van der Waals surface area contributed by atoms with E-state index in [-0.39, 0.29) is 6.54 Å². The van der Waals surface area contributed by atoms with Crippen molar-refractivity contribution in [2.45, 2.75) is 6.54 Å². The predicted octanol–water partition coefficient (Wildman–Crippen LogP) is 0.980. The lowest BCUT2D eigenvalue weighted by molar-refractivity contribution is 0.0599. The molecule has 0 spiro atoms. The van der Waals surface area contributed by atoms with E-state index in [0.717, 1.165) is 0 Å². The van der Waals surface area contributed by atoms with E-state index >= 15 is 0 Å². The molecule has 0 saturated heterocycles. The number of carbonyl (C=O) groups is 1. The van der Waals surface area contributed by atoms with Crippen molar-refractivity contribution < 1.29 is 9.53 Å². The molecule has 1 aromatic rings. The van der Waals surface area contributed by atoms with Crippen LogP contribution in [-0.4, -0.2) is 18.1 Å². The van der Waals surface area contributed by atoms with Gasteiger partial charge in [-0.25, -0.2) is 4.79 Å². The smallest absolute Gasteiger partial charge is 0.339 e. The first-order valence-electron chi connectivity index (χ1n) is 3.62. The second kappa shape index (κ2) is 4.20. The zero-order chi connectivity index (χ0) is 9.84. The molecule has 4 nitrogen and oxygen atoms in total. The van der Waals surface area contributed by atoms with Crippen molar-refractivity contribution >= 4 is 17.6 Å². The molecule has 0 saturated carbocycles. The summed E-state index contributed by atoms with van der Waals surface area (Å²) in [4.78, 5) is 15.1. The van der Waals surface area contributed by atoms with E-state index in [9.17, 15) is 4.79 Å². The van der Waals surface area contributed by atoms with Gasteiger partial charge in [-0.15, -0.1) is 0 Å². The maximum absolute atomic E-state index is 11.2. The SMILES string of the molecule is COC(=O)c1cc(Cl)cnc1CN. The lowest BCUT2D eigenvalue weighted by Crippen LogP contribution is -2.10. The van der Waals surface area contributed by atoms with Crippen LogP contribution in [0.4, 0.5) is 0 Å². The van der Waals surface area contributed by atoms with Crippen LogP contribution in [0.1, 0.15) is 16.1 Å². The number of hydrogen-bond acceptors (Lipinski definition) is 4. The average molecular weight is 201 g/mol. The fourth-order valence-electron chi connectivity index (χ4n) is 0.917. The van der Waals surface area contributed by atoms with Gasteiger partial charge in [0.05, 0.1) is 23.4 Å². The zero-order valence-corrected chi connectivity index (χ0v) is 7.84. The van der Waals surface area contributed by atoms with E-state index in [1.54, 1.807) is 0 Å². The molecule has 0 bridgehead atoms. The summed E-state index contributed by atoms with van der Waals surface area (Å²) in [5, 5.41) is 0.387. The number of rotatable bonds is 2. The minimum absolute atomic E-state index is 0.182. The number of aromatic nitrogens is 1. The lowest BCUT2D eigenvalue weighted by atomic mass is 10.2. The van der Waals surface area contributed by atoms with E-state index in [2.05, 4.69) is 9.72 Å². The molecule has 0 aromatic carbocycles. The van der Waals surface area contributed by atoms with E-state index < -0.39 is 5.97 Å². The van der Waals surface area contributed by atoms with Crippen LogP contribution in [0, 0.1) is 0 Å². The van der Waals surface area contributed by atoms with Crippen molar-refractivity contribution in [3.8, 4) is 0 Å². The molecule has 70 valence electrons. The number of hydrogen-bond donors (Lipinski definition) is 1. The van der Waals surface area contributed by atoms with Gasteiger partial charge in [-0.05, 0) is 6.07 Å². The van der Waals surface area contributed by atoms with Gasteiger partial charge in [-0.1, -0.05) is 11.6 Å². The Hall–Kier alpha value is -1.13. The summed E-state index contributed by atoms with van der Waals surface area (Å²) in [7, 11) is 1.30. The molecule has 5 heteroatoms. The summed E-state index contributed by atoms with van der Waals surface area (Å²) in [5.74, 6) is -0.476. The highest BCUT2D eigenvalue weighted by atomic mass is 35.5. The number of carbonyl (C=O) groups excluding carboxylic acids is 1. The van der Waals surface area contributed by atoms with Gasteiger partial charge in [-0.3, -0.25) is 4.98 Å². The van der Waals surface area contributed by atoms with Crippen LogP contribution in [0.2, 0.25) is 5.02 Å². The first-order valence-corrected chi connectivity index (χ1v) is 3.99. The fourth-order valence-corrected chi connectivity index (χ4v) is 1.07. The highest BCUT2D eigenvalue weighted by Gasteiger charge is 2.12. The van der Waals surface area contributed by atoms with Crippen LogP contribution >= 0.6 is 11.6 Å². The first kappa shape index (κ1) is 9.95. The summed E-state index contributed by atoms with van der Waals surface area (Å²) in [6.45, 7) is 0.182. The molecule has 1 aromatic heterocycles. The van der Waals surface area contributed by atoms with Crippen molar-refractivity contribution in [2.24, 2.45) is 5.73 Å². The van der Waals surface area contributed by atoms with Gasteiger partial charge in [0.15, 0.2) is 0 Å². The second-order valence-electron chi connectivity index (χ2n) is 2.34. The standard InChI is InChI=1S/C8H9ClN2O2/c1-13-8(12)6-2-5(9)4-11-7(6)3-10/h2,4H,3,10H2,1H3. The number of nitrogens with zero attached hydrogens (tertiary/aromatic N) is 1. The summed E-state index contributed by atoms with van der Waals surface area (Å²) in [6.07, 6.45) is 1.44. The number of pyridine rings is 1. The topological polar surface area (TPSA) is 65.2 Å². The van der Waals surface area contributed by atoms with Crippen LogP contribution in [0.25, 0.3) is 0 Å². The third-order valence-corrected chi connectivity index (χ3v) is 1.74. The molecule has 0 amide bonds. The number of methoxy groups -OCH3 is 1. The van der Waals surface area contributed by atoms with Crippen molar-refractivity contribution in [1.82, 2.24) is 4.98 Å². The van der Waals surface area contributed by atoms with Crippen LogP contribution in [0.5, 0.6) is 0 Å². The van der Waals surface area contributed by atoms with Gasteiger partial charge < -0.3 is 10.5 Å². The van der Waals surface area contributed by atoms with Crippen molar-refractivity contribution in [2.75, 3.05) is 7.11 Å². The molecule has 0 radical (unpaired) electrons. The van der Waals surface area contributed by atoms with Crippen LogP contribution < -0.4 is 5.73 Å². The van der Waals surface area contributed by atoms with E-state index in [1.807, 2.05) is 0 Å². The van der Waals surface area contributed by atoms with Gasteiger partial charge in [0.2, 0.25) is 0 Å². The molecular weight excluding hydrogens is 192 g/mol. The molecule has 2 N–H and O–H groups in total. The largest absolute Gasteiger partial charge is 0.465 e. The summed E-state index contributed by atoms with van der Waals surface area (Å²) >= 11 is 5.66. The van der Waals surface area contributed by atoms with Gasteiger partial charge in [0, 0.05) is 12.7 Å². The third kappa shape index (κ3) is 2.17. The molecule has 0 atom stereocenters. The van der Waals surface area contributed by atoms with Crippen LogP contribution in [-0.2, 0) is 11.3 Å². The van der Waals surface area contributed by atoms with Crippen molar-refractivity contribution in [1.29, 1.82) is 0 Å². The van der Waals surface area contributed by atoms with Gasteiger partial charge in [0.25, 0.3) is 0 Å². The Labute approximate surface area is 80.7 Å². The minimum Gasteiger partial charge on any atom is -0.465 e. The summed E-state index contributed by atoms with van der Waals surface area (Å²) < 4.78 is 4.54. The fraction of sp³-hybridized carbons (Fsp3) is 0.250. The van der Waals surface area contributed by atoms with E-state index in [4.69, 9.17) is 17.3 Å². The average Bonchev–Trinajstić information content (AvgIpc) is 2.16. The van der Waals surface area contributed by atoms with Gasteiger partial charge in [0.1, 0.15) is 0 Å². The highest BCUT2D eigenvalue weighted by molar-refractivity contribution is 6.30.